The Morgan fingerprint density at radius 3 is 2.50 bits per heavy atom. The van der Waals surface area contributed by atoms with Crippen molar-refractivity contribution in [1.82, 2.24) is 10.2 Å². The van der Waals surface area contributed by atoms with Crippen molar-refractivity contribution >= 4 is 41.2 Å². The number of imide groups is 1. The number of carbonyl (C=O) groups excluding carboxylic acids is 3. The van der Waals surface area contributed by atoms with E-state index >= 15 is 0 Å². The molecule has 2 N–H and O–H groups in total. The second-order valence-electron chi connectivity index (χ2n) is 7.36. The van der Waals surface area contributed by atoms with Crippen molar-refractivity contribution in [3.05, 3.63) is 100 Å². The molecule has 172 valence electrons. The van der Waals surface area contributed by atoms with E-state index in [1.54, 1.807) is 42.5 Å². The number of para-hydroxylation sites is 2. The van der Waals surface area contributed by atoms with Gasteiger partial charge in [0.2, 0.25) is 5.91 Å². The average Bonchev–Trinajstić information content (AvgIpc) is 3.08. The minimum atomic E-state index is -0.750. The Bertz CT molecular complexity index is 1280. The number of ether oxygens (including phenoxy) is 1. The lowest BCUT2D eigenvalue weighted by atomic mass is 10.1. The van der Waals surface area contributed by atoms with Crippen molar-refractivity contribution in [2.24, 2.45) is 0 Å². The van der Waals surface area contributed by atoms with Crippen molar-refractivity contribution < 1.29 is 23.5 Å². The van der Waals surface area contributed by atoms with Crippen LogP contribution in [0.1, 0.15) is 11.1 Å². The smallest absolute Gasteiger partial charge is 0.329 e. The summed E-state index contributed by atoms with van der Waals surface area (Å²) in [7, 11) is 0. The van der Waals surface area contributed by atoms with E-state index in [9.17, 15) is 18.8 Å². The van der Waals surface area contributed by atoms with Crippen molar-refractivity contribution in [3.8, 4) is 5.75 Å². The number of urea groups is 1. The summed E-state index contributed by atoms with van der Waals surface area (Å²) < 4.78 is 19.6. The van der Waals surface area contributed by atoms with Gasteiger partial charge >= 0.3 is 6.03 Å². The van der Waals surface area contributed by atoms with E-state index in [1.807, 2.05) is 12.1 Å². The quantitative estimate of drug-likeness (QED) is 0.383. The van der Waals surface area contributed by atoms with Crippen LogP contribution in [0.2, 0.25) is 5.02 Å². The lowest BCUT2D eigenvalue weighted by molar-refractivity contribution is -0.127. The number of nitrogens with one attached hydrogen (secondary N) is 2. The molecule has 0 atom stereocenters. The number of hydrogen-bond acceptors (Lipinski definition) is 4. The second kappa shape index (κ2) is 10.2. The largest absolute Gasteiger partial charge is 0.488 e. The summed E-state index contributed by atoms with van der Waals surface area (Å²) in [6.45, 7) is -0.287. The first-order valence-corrected chi connectivity index (χ1v) is 10.6. The summed E-state index contributed by atoms with van der Waals surface area (Å²) >= 11 is 5.90. The molecule has 0 aromatic heterocycles. The van der Waals surface area contributed by atoms with Gasteiger partial charge in [-0.15, -0.1) is 0 Å². The normalized spacial score (nSPS) is 14.3. The molecule has 3 aromatic carbocycles. The first-order valence-electron chi connectivity index (χ1n) is 10.3. The maximum atomic E-state index is 13.7. The number of hydrogen-bond donors (Lipinski definition) is 2. The van der Waals surface area contributed by atoms with Crippen LogP contribution < -0.4 is 15.4 Å². The fraction of sp³-hybridized carbons (Fsp3) is 0.0800. The van der Waals surface area contributed by atoms with Crippen LogP contribution in [0.5, 0.6) is 5.75 Å². The molecule has 1 saturated heterocycles. The zero-order valence-electron chi connectivity index (χ0n) is 17.8. The van der Waals surface area contributed by atoms with Gasteiger partial charge in [-0.05, 0) is 42.0 Å². The third-order valence-corrected chi connectivity index (χ3v) is 5.19. The molecule has 4 amide bonds. The van der Waals surface area contributed by atoms with Gasteiger partial charge in [0, 0.05) is 10.6 Å². The van der Waals surface area contributed by atoms with Gasteiger partial charge in [-0.1, -0.05) is 54.1 Å². The summed E-state index contributed by atoms with van der Waals surface area (Å²) in [5, 5.41) is 5.44. The molecule has 1 aliphatic rings. The maximum Gasteiger partial charge on any atom is 0.329 e. The first-order chi connectivity index (χ1) is 16.4. The standard InChI is InChI=1S/C25H19ClFN3O4/c26-18-11-9-16(10-12-18)15-34-22-8-4-1-5-17(22)13-21-24(32)30(25(33)29-21)14-23(31)28-20-7-3-2-6-19(20)27/h1-13H,14-15H2,(H,28,31)(H,29,33)/b21-13+. The molecule has 34 heavy (non-hydrogen) atoms. The van der Waals surface area contributed by atoms with Crippen LogP contribution in [-0.4, -0.2) is 29.3 Å². The van der Waals surface area contributed by atoms with Crippen LogP contribution in [-0.2, 0) is 16.2 Å². The summed E-state index contributed by atoms with van der Waals surface area (Å²) in [6, 6.07) is 19.1. The second-order valence-corrected chi connectivity index (χ2v) is 7.80. The van der Waals surface area contributed by atoms with Gasteiger partial charge in [-0.3, -0.25) is 9.59 Å². The highest BCUT2D eigenvalue weighted by Crippen LogP contribution is 2.24. The van der Waals surface area contributed by atoms with Gasteiger partial charge in [0.15, 0.2) is 0 Å². The molecule has 0 radical (unpaired) electrons. The Balaban J connectivity index is 1.45. The SMILES string of the molecule is O=C(CN1C(=O)N/C(=C/c2ccccc2OCc2ccc(Cl)cc2)C1=O)Nc1ccccc1F. The third kappa shape index (κ3) is 5.41. The van der Waals surface area contributed by atoms with Crippen LogP contribution >= 0.6 is 11.6 Å². The zero-order chi connectivity index (χ0) is 24.1. The molecule has 0 bridgehead atoms. The van der Waals surface area contributed by atoms with E-state index in [1.165, 1.54) is 24.3 Å². The molecule has 1 heterocycles. The van der Waals surface area contributed by atoms with E-state index in [4.69, 9.17) is 16.3 Å². The number of amides is 4. The molecule has 0 spiro atoms. The summed E-state index contributed by atoms with van der Waals surface area (Å²) in [5.41, 5.74) is 1.43. The van der Waals surface area contributed by atoms with Crippen LogP contribution in [0.25, 0.3) is 6.08 Å². The molecule has 4 rings (SSSR count). The fourth-order valence-electron chi connectivity index (χ4n) is 3.24. The summed E-state index contributed by atoms with van der Waals surface area (Å²) in [5.74, 6) is -1.51. The molecule has 7 nitrogen and oxygen atoms in total. The van der Waals surface area contributed by atoms with E-state index in [0.29, 0.717) is 16.3 Å². The molecule has 9 heteroatoms. The lowest BCUT2D eigenvalue weighted by Gasteiger charge is -2.12. The van der Waals surface area contributed by atoms with Crippen LogP contribution in [0.4, 0.5) is 14.9 Å². The van der Waals surface area contributed by atoms with Crippen molar-refractivity contribution in [2.45, 2.75) is 6.61 Å². The third-order valence-electron chi connectivity index (χ3n) is 4.94. The Morgan fingerprint density at radius 1 is 1.03 bits per heavy atom. The minimum Gasteiger partial charge on any atom is -0.488 e. The number of rotatable bonds is 7. The summed E-state index contributed by atoms with van der Waals surface area (Å²) in [4.78, 5) is 38.1. The number of carbonyl (C=O) groups is 3. The lowest BCUT2D eigenvalue weighted by Crippen LogP contribution is -2.38. The van der Waals surface area contributed by atoms with Crippen molar-refractivity contribution in [1.29, 1.82) is 0 Å². The van der Waals surface area contributed by atoms with Gasteiger partial charge in [-0.25, -0.2) is 14.1 Å². The molecule has 0 aliphatic carbocycles. The molecule has 0 unspecified atom stereocenters. The molecular weight excluding hydrogens is 461 g/mol. The predicted molar refractivity (Wildman–Crippen MR) is 125 cm³/mol. The van der Waals surface area contributed by atoms with Crippen LogP contribution in [0, 0.1) is 5.82 Å². The van der Waals surface area contributed by atoms with Gasteiger partial charge < -0.3 is 15.4 Å². The van der Waals surface area contributed by atoms with Gasteiger partial charge in [0.1, 0.15) is 30.4 Å². The first kappa shape index (κ1) is 23.0. The molecule has 1 aliphatic heterocycles. The minimum absolute atomic E-state index is 0.00812. The number of anilines is 1. The monoisotopic (exact) mass is 479 g/mol. The Morgan fingerprint density at radius 2 is 1.74 bits per heavy atom. The Hall–Kier alpha value is -4.17. The highest BCUT2D eigenvalue weighted by molar-refractivity contribution is 6.30. The molecule has 3 aromatic rings. The zero-order valence-corrected chi connectivity index (χ0v) is 18.5. The topological polar surface area (TPSA) is 87.7 Å². The predicted octanol–water partition coefficient (Wildman–Crippen LogP) is 4.59. The Labute approximate surface area is 199 Å². The number of benzene rings is 3. The van der Waals surface area contributed by atoms with Crippen molar-refractivity contribution in [2.75, 3.05) is 11.9 Å². The highest BCUT2D eigenvalue weighted by atomic mass is 35.5. The van der Waals surface area contributed by atoms with Crippen LogP contribution in [0.3, 0.4) is 0 Å². The highest BCUT2D eigenvalue weighted by Gasteiger charge is 2.35. The van der Waals surface area contributed by atoms with E-state index in [2.05, 4.69) is 10.6 Å². The fourth-order valence-corrected chi connectivity index (χ4v) is 3.37. The van der Waals surface area contributed by atoms with Crippen LogP contribution in [0.15, 0.2) is 78.5 Å². The van der Waals surface area contributed by atoms with Gasteiger partial charge in [0.25, 0.3) is 5.91 Å². The van der Waals surface area contributed by atoms with Crippen molar-refractivity contribution in [3.63, 3.8) is 0 Å². The Kier molecular flexibility index (Phi) is 6.89. The van der Waals surface area contributed by atoms with Gasteiger partial charge in [-0.2, -0.15) is 0 Å². The number of nitrogens with zero attached hydrogens (tertiary/aromatic N) is 1. The van der Waals surface area contributed by atoms with E-state index in [-0.39, 0.29) is 18.0 Å². The summed E-state index contributed by atoms with van der Waals surface area (Å²) in [6.07, 6.45) is 1.48. The average molecular weight is 480 g/mol. The molecular formula is C25H19ClFN3O4. The molecule has 0 saturated carbocycles. The molecule has 1 fully saturated rings. The number of halogens is 2. The van der Waals surface area contributed by atoms with Gasteiger partial charge in [0.05, 0.1) is 5.69 Å². The van der Waals surface area contributed by atoms with E-state index < -0.39 is 30.2 Å². The van der Waals surface area contributed by atoms with E-state index in [0.717, 1.165) is 10.5 Å². The maximum absolute atomic E-state index is 13.7.